The second-order valence-electron chi connectivity index (χ2n) is 10.4. The molecule has 1 unspecified atom stereocenters. The minimum Gasteiger partial charge on any atom is -0.496 e. The molecule has 3 N–H and O–H groups in total. The molecule has 0 aliphatic heterocycles. The van der Waals surface area contributed by atoms with Crippen LogP contribution in [-0.4, -0.2) is 44.0 Å². The molecule has 0 aliphatic carbocycles. The highest BCUT2D eigenvalue weighted by Crippen LogP contribution is 2.37. The topological polar surface area (TPSA) is 128 Å². The first kappa shape index (κ1) is 34.3. The number of benzene rings is 4. The molecule has 0 fully saturated rings. The van der Waals surface area contributed by atoms with Crippen molar-refractivity contribution in [1.82, 2.24) is 10.3 Å². The molecule has 3 amide bonds. The van der Waals surface area contributed by atoms with E-state index < -0.39 is 17.1 Å². The van der Waals surface area contributed by atoms with Crippen LogP contribution < -0.4 is 30.2 Å². The van der Waals surface area contributed by atoms with Crippen LogP contribution in [0.3, 0.4) is 0 Å². The summed E-state index contributed by atoms with van der Waals surface area (Å²) in [4.78, 5) is 45.3. The first-order valence-corrected chi connectivity index (χ1v) is 16.0. The summed E-state index contributed by atoms with van der Waals surface area (Å²) in [5, 5.41) is 7.92. The summed E-state index contributed by atoms with van der Waals surface area (Å²) < 4.78 is 16.4. The maximum Gasteiger partial charge on any atom is 0.272 e. The van der Waals surface area contributed by atoms with Gasteiger partial charge in [0.1, 0.15) is 22.5 Å². The number of methoxy groups -OCH3 is 3. The Morgan fingerprint density at radius 3 is 1.98 bits per heavy atom. The highest BCUT2D eigenvalue weighted by Gasteiger charge is 2.23. The molecule has 0 radical (unpaired) electrons. The van der Waals surface area contributed by atoms with Gasteiger partial charge < -0.3 is 30.2 Å². The number of thioether (sulfide) groups is 1. The second-order valence-corrected chi connectivity index (χ2v) is 11.6. The Labute approximate surface area is 288 Å². The van der Waals surface area contributed by atoms with Crippen molar-refractivity contribution in [1.29, 1.82) is 0 Å². The molecule has 248 valence electrons. The third-order valence-electron chi connectivity index (χ3n) is 7.19. The van der Waals surface area contributed by atoms with Crippen LogP contribution in [0, 0.1) is 0 Å². The number of amides is 3. The predicted octanol–water partition coefficient (Wildman–Crippen LogP) is 6.99. The zero-order chi connectivity index (χ0) is 34.6. The van der Waals surface area contributed by atoms with Crippen LogP contribution in [0.15, 0.2) is 132 Å². The number of hydrogen-bond donors (Lipinski definition) is 3. The molecule has 5 aromatic rings. The Morgan fingerprint density at radius 2 is 1.35 bits per heavy atom. The van der Waals surface area contributed by atoms with Crippen molar-refractivity contribution in [2.45, 2.75) is 10.1 Å². The minimum atomic E-state index is -0.571. The van der Waals surface area contributed by atoms with Crippen molar-refractivity contribution in [3.63, 3.8) is 0 Å². The summed E-state index contributed by atoms with van der Waals surface area (Å²) >= 11 is 1.36. The number of pyridine rings is 1. The Balaban J connectivity index is 1.39. The fourth-order valence-electron chi connectivity index (χ4n) is 4.74. The molecule has 5 rings (SSSR count). The molecule has 0 spiro atoms. The quantitative estimate of drug-likeness (QED) is 0.0901. The maximum absolute atomic E-state index is 13.7. The second kappa shape index (κ2) is 16.7. The van der Waals surface area contributed by atoms with Gasteiger partial charge in [-0.15, -0.1) is 11.8 Å². The monoisotopic (exact) mass is 674 g/mol. The van der Waals surface area contributed by atoms with E-state index in [0.717, 1.165) is 10.5 Å². The Kier molecular flexibility index (Phi) is 11.7. The van der Waals surface area contributed by atoms with Gasteiger partial charge >= 0.3 is 0 Å². The molecule has 11 heteroatoms. The van der Waals surface area contributed by atoms with Gasteiger partial charge in [-0.2, -0.15) is 0 Å². The van der Waals surface area contributed by atoms with Crippen molar-refractivity contribution >= 4 is 47.1 Å². The molecule has 1 heterocycles. The summed E-state index contributed by atoms with van der Waals surface area (Å²) in [6, 6.07) is 33.7. The lowest BCUT2D eigenvalue weighted by atomic mass is 10.1. The molecular weight excluding hydrogens is 641 g/mol. The molecule has 0 aliphatic rings. The lowest BCUT2D eigenvalue weighted by molar-refractivity contribution is -0.116. The molecule has 4 aromatic carbocycles. The average Bonchev–Trinajstić information content (AvgIpc) is 3.14. The highest BCUT2D eigenvalue weighted by molar-refractivity contribution is 8.00. The predicted molar refractivity (Wildman–Crippen MR) is 191 cm³/mol. The standard InChI is InChI=1S/C38H34N4O6S/c1-46-31-24-33(48-3)32(47-2)23-27(31)22-30(41-36(43)26-14-8-5-9-15-26)37(44)40-28-17-19-29(20-18-28)49-35(25-12-6-4-7-13-25)38(45)42-34-16-10-11-21-39-34/h4-24,35H,1-3H3,(H,40,44)(H,41,43)(H,39,42,45)/b30-22-. The Hall–Kier alpha value is -6.07. The summed E-state index contributed by atoms with van der Waals surface area (Å²) in [6.45, 7) is 0. The van der Waals surface area contributed by atoms with E-state index in [0.29, 0.717) is 39.9 Å². The number of anilines is 2. The van der Waals surface area contributed by atoms with Gasteiger partial charge in [0.15, 0.2) is 11.5 Å². The smallest absolute Gasteiger partial charge is 0.272 e. The minimum absolute atomic E-state index is 0.0341. The first-order valence-electron chi connectivity index (χ1n) is 15.1. The molecule has 10 nitrogen and oxygen atoms in total. The van der Waals surface area contributed by atoms with E-state index >= 15 is 0 Å². The van der Waals surface area contributed by atoms with Gasteiger partial charge in [-0.05, 0) is 66.2 Å². The zero-order valence-electron chi connectivity index (χ0n) is 27.0. The lowest BCUT2D eigenvalue weighted by Gasteiger charge is -2.17. The SMILES string of the molecule is COc1cc(OC)c(OC)cc1/C=C(\NC(=O)c1ccccc1)C(=O)Nc1ccc(SC(C(=O)Nc2ccccn2)c2ccccc2)cc1. The number of nitrogens with one attached hydrogen (secondary N) is 3. The van der Waals surface area contributed by atoms with Crippen molar-refractivity contribution in [3.8, 4) is 17.2 Å². The summed E-state index contributed by atoms with van der Waals surface area (Å²) in [6.07, 6.45) is 3.12. The van der Waals surface area contributed by atoms with Crippen LogP contribution in [0.25, 0.3) is 6.08 Å². The van der Waals surface area contributed by atoms with Gasteiger partial charge in [0.25, 0.3) is 11.8 Å². The molecule has 0 saturated carbocycles. The third-order valence-corrected chi connectivity index (χ3v) is 8.45. The molecule has 49 heavy (non-hydrogen) atoms. The lowest BCUT2D eigenvalue weighted by Crippen LogP contribution is -2.30. The van der Waals surface area contributed by atoms with Gasteiger partial charge in [-0.25, -0.2) is 4.98 Å². The fraction of sp³-hybridized carbons (Fsp3) is 0.105. The average molecular weight is 675 g/mol. The zero-order valence-corrected chi connectivity index (χ0v) is 27.8. The largest absolute Gasteiger partial charge is 0.496 e. The maximum atomic E-state index is 13.7. The number of carbonyl (C=O) groups excluding carboxylic acids is 3. The molecule has 0 bridgehead atoms. The van der Waals surface area contributed by atoms with Crippen LogP contribution in [0.2, 0.25) is 0 Å². The van der Waals surface area contributed by atoms with Crippen LogP contribution in [0.5, 0.6) is 17.2 Å². The normalized spacial score (nSPS) is 11.5. The van der Waals surface area contributed by atoms with E-state index in [1.54, 1.807) is 79.0 Å². The van der Waals surface area contributed by atoms with Crippen molar-refractivity contribution in [2.24, 2.45) is 0 Å². The van der Waals surface area contributed by atoms with Gasteiger partial charge in [-0.3, -0.25) is 14.4 Å². The summed E-state index contributed by atoms with van der Waals surface area (Å²) in [7, 11) is 4.50. The van der Waals surface area contributed by atoms with Crippen molar-refractivity contribution < 1.29 is 28.6 Å². The number of aromatic nitrogens is 1. The number of hydrogen-bond acceptors (Lipinski definition) is 8. The van der Waals surface area contributed by atoms with Crippen LogP contribution in [-0.2, 0) is 9.59 Å². The highest BCUT2D eigenvalue weighted by atomic mass is 32.2. The van der Waals surface area contributed by atoms with Crippen molar-refractivity contribution in [3.05, 3.63) is 144 Å². The van der Waals surface area contributed by atoms with Gasteiger partial charge in [0.05, 0.1) is 21.3 Å². The molecule has 1 aromatic heterocycles. The Morgan fingerprint density at radius 1 is 0.714 bits per heavy atom. The van der Waals surface area contributed by atoms with Gasteiger partial charge in [0, 0.05) is 34.0 Å². The van der Waals surface area contributed by atoms with E-state index in [4.69, 9.17) is 14.2 Å². The molecule has 1 atom stereocenters. The van der Waals surface area contributed by atoms with E-state index in [1.807, 2.05) is 42.5 Å². The van der Waals surface area contributed by atoms with Gasteiger partial charge in [0.2, 0.25) is 5.91 Å². The van der Waals surface area contributed by atoms with Gasteiger partial charge in [-0.1, -0.05) is 54.6 Å². The number of rotatable bonds is 13. The van der Waals surface area contributed by atoms with E-state index in [2.05, 4.69) is 20.9 Å². The number of nitrogens with zero attached hydrogens (tertiary/aromatic N) is 1. The fourth-order valence-corrected chi connectivity index (χ4v) is 5.77. The van der Waals surface area contributed by atoms with Crippen LogP contribution in [0.1, 0.15) is 26.7 Å². The van der Waals surface area contributed by atoms with E-state index in [9.17, 15) is 14.4 Å². The van der Waals surface area contributed by atoms with E-state index in [-0.39, 0.29) is 11.6 Å². The molecule has 0 saturated heterocycles. The molecular formula is C38H34N4O6S. The van der Waals surface area contributed by atoms with Crippen LogP contribution >= 0.6 is 11.8 Å². The number of ether oxygens (including phenoxy) is 3. The summed E-state index contributed by atoms with van der Waals surface area (Å²) in [5.74, 6) is 0.459. The third kappa shape index (κ3) is 9.05. The first-order chi connectivity index (χ1) is 23.9. The van der Waals surface area contributed by atoms with Crippen LogP contribution in [0.4, 0.5) is 11.5 Å². The Bertz CT molecular complexity index is 1920. The van der Waals surface area contributed by atoms with E-state index in [1.165, 1.54) is 39.2 Å². The van der Waals surface area contributed by atoms with Crippen molar-refractivity contribution in [2.75, 3.05) is 32.0 Å². The summed E-state index contributed by atoms with van der Waals surface area (Å²) in [5.41, 5.74) is 2.12. The number of carbonyl (C=O) groups is 3.